The highest BCUT2D eigenvalue weighted by Gasteiger charge is 2.36. The van der Waals surface area contributed by atoms with Gasteiger partial charge in [-0.3, -0.25) is 0 Å². The minimum atomic E-state index is -0.725. The van der Waals surface area contributed by atoms with E-state index in [4.69, 9.17) is 10.00 Å². The van der Waals surface area contributed by atoms with E-state index >= 15 is 0 Å². The quantitative estimate of drug-likeness (QED) is 0.731. The van der Waals surface area contributed by atoms with Gasteiger partial charge in [0.25, 0.3) is 0 Å². The lowest BCUT2D eigenvalue weighted by Gasteiger charge is -2.28. The zero-order valence-corrected chi connectivity index (χ0v) is 9.16. The number of nitriles is 1. The molecule has 0 aromatic carbocycles. The summed E-state index contributed by atoms with van der Waals surface area (Å²) in [4.78, 5) is 0. The average Bonchev–Trinajstić information content (AvgIpc) is 2.88. The molecule has 3 atom stereocenters. The van der Waals surface area contributed by atoms with Crippen molar-refractivity contribution in [1.82, 2.24) is 0 Å². The first-order chi connectivity index (χ1) is 6.47. The topological polar surface area (TPSA) is 53.2 Å². The highest BCUT2D eigenvalue weighted by Crippen LogP contribution is 2.38. The third-order valence-corrected chi connectivity index (χ3v) is 2.74. The van der Waals surface area contributed by atoms with Crippen molar-refractivity contribution in [2.45, 2.75) is 57.8 Å². The predicted octanol–water partition coefficient (Wildman–Crippen LogP) is 1.85. The molecule has 3 nitrogen and oxygen atoms in total. The van der Waals surface area contributed by atoms with Crippen molar-refractivity contribution in [3.63, 3.8) is 0 Å². The Bertz CT molecular complexity index is 230. The summed E-state index contributed by atoms with van der Waals surface area (Å²) < 4.78 is 5.59. The lowest BCUT2D eigenvalue weighted by molar-refractivity contribution is -0.0923. The molecular weight excluding hydrogens is 178 g/mol. The molecule has 0 spiro atoms. The standard InChI is InChI=1S/C11H19NO2/c1-8(13)9(2)14-11(3,7-12)6-10-4-5-10/h8-10,13H,4-6H2,1-3H3. The Labute approximate surface area is 85.7 Å². The molecule has 0 amide bonds. The molecule has 3 heteroatoms. The van der Waals surface area contributed by atoms with Gasteiger partial charge in [-0.1, -0.05) is 12.8 Å². The van der Waals surface area contributed by atoms with Crippen LogP contribution in [0.25, 0.3) is 0 Å². The van der Waals surface area contributed by atoms with Crippen LogP contribution in [0.2, 0.25) is 0 Å². The summed E-state index contributed by atoms with van der Waals surface area (Å²) in [5, 5.41) is 18.3. The zero-order chi connectivity index (χ0) is 10.8. The van der Waals surface area contributed by atoms with Crippen LogP contribution in [0.5, 0.6) is 0 Å². The van der Waals surface area contributed by atoms with Gasteiger partial charge in [0, 0.05) is 0 Å². The fourth-order valence-corrected chi connectivity index (χ4v) is 1.50. The summed E-state index contributed by atoms with van der Waals surface area (Å²) in [7, 11) is 0. The lowest BCUT2D eigenvalue weighted by Crippen LogP contribution is -2.36. The molecule has 1 N–H and O–H groups in total. The first-order valence-electron chi connectivity index (χ1n) is 5.24. The number of nitrogens with zero attached hydrogens (tertiary/aromatic N) is 1. The van der Waals surface area contributed by atoms with Gasteiger partial charge in [0.2, 0.25) is 0 Å². The Morgan fingerprint density at radius 3 is 2.50 bits per heavy atom. The van der Waals surface area contributed by atoms with E-state index in [0.29, 0.717) is 5.92 Å². The second-order valence-electron chi connectivity index (χ2n) is 4.55. The maximum absolute atomic E-state index is 9.30. The molecule has 1 aliphatic rings. The van der Waals surface area contributed by atoms with Crippen molar-refractivity contribution < 1.29 is 9.84 Å². The van der Waals surface area contributed by atoms with E-state index in [9.17, 15) is 5.11 Å². The van der Waals surface area contributed by atoms with Gasteiger partial charge in [-0.05, 0) is 33.1 Å². The molecule has 80 valence electrons. The zero-order valence-electron chi connectivity index (χ0n) is 9.16. The van der Waals surface area contributed by atoms with Crippen molar-refractivity contribution in [3.05, 3.63) is 0 Å². The molecule has 0 aromatic heterocycles. The molecule has 14 heavy (non-hydrogen) atoms. The monoisotopic (exact) mass is 197 g/mol. The van der Waals surface area contributed by atoms with Gasteiger partial charge >= 0.3 is 0 Å². The fraction of sp³-hybridized carbons (Fsp3) is 0.909. The van der Waals surface area contributed by atoms with E-state index in [1.54, 1.807) is 13.8 Å². The smallest absolute Gasteiger partial charge is 0.152 e. The molecule has 0 bridgehead atoms. The van der Waals surface area contributed by atoms with Crippen LogP contribution in [0.3, 0.4) is 0 Å². The fourth-order valence-electron chi connectivity index (χ4n) is 1.50. The highest BCUT2D eigenvalue weighted by molar-refractivity contribution is 5.02. The predicted molar refractivity (Wildman–Crippen MR) is 53.6 cm³/mol. The molecule has 3 unspecified atom stereocenters. The van der Waals surface area contributed by atoms with Gasteiger partial charge in [-0.15, -0.1) is 0 Å². The van der Waals surface area contributed by atoms with Crippen LogP contribution in [0.15, 0.2) is 0 Å². The second kappa shape index (κ2) is 4.29. The molecule has 0 radical (unpaired) electrons. The van der Waals surface area contributed by atoms with Crippen LogP contribution in [-0.4, -0.2) is 22.9 Å². The van der Waals surface area contributed by atoms with Crippen LogP contribution < -0.4 is 0 Å². The maximum atomic E-state index is 9.30. The molecule has 0 aliphatic heterocycles. The molecule has 0 heterocycles. The number of aliphatic hydroxyl groups excluding tert-OH is 1. The second-order valence-corrected chi connectivity index (χ2v) is 4.55. The van der Waals surface area contributed by atoms with Crippen molar-refractivity contribution in [1.29, 1.82) is 5.26 Å². The number of rotatable bonds is 5. The Morgan fingerprint density at radius 1 is 1.57 bits per heavy atom. The highest BCUT2D eigenvalue weighted by atomic mass is 16.5. The van der Waals surface area contributed by atoms with Gasteiger partial charge in [0.05, 0.1) is 18.3 Å². The van der Waals surface area contributed by atoms with Gasteiger partial charge < -0.3 is 9.84 Å². The van der Waals surface area contributed by atoms with Crippen LogP contribution in [-0.2, 0) is 4.74 Å². The molecule has 1 fully saturated rings. The molecule has 1 rings (SSSR count). The molecule has 0 saturated heterocycles. The first-order valence-corrected chi connectivity index (χ1v) is 5.24. The first kappa shape index (κ1) is 11.5. The van der Waals surface area contributed by atoms with E-state index in [-0.39, 0.29) is 6.10 Å². The van der Waals surface area contributed by atoms with E-state index in [1.165, 1.54) is 12.8 Å². The normalized spacial score (nSPS) is 24.8. The van der Waals surface area contributed by atoms with E-state index in [1.807, 2.05) is 6.92 Å². The van der Waals surface area contributed by atoms with Crippen molar-refractivity contribution >= 4 is 0 Å². The lowest BCUT2D eigenvalue weighted by atomic mass is 10.00. The number of hydrogen-bond acceptors (Lipinski definition) is 3. The summed E-state index contributed by atoms with van der Waals surface area (Å²) in [5.41, 5.74) is -0.725. The number of ether oxygens (including phenoxy) is 1. The summed E-state index contributed by atoms with van der Waals surface area (Å²) in [5.74, 6) is 0.654. The Kier molecular flexibility index (Phi) is 3.52. The van der Waals surface area contributed by atoms with Crippen LogP contribution in [0.1, 0.15) is 40.0 Å². The Balaban J connectivity index is 2.47. The summed E-state index contributed by atoms with van der Waals surface area (Å²) in [6.45, 7) is 5.29. The number of hydrogen-bond donors (Lipinski definition) is 1. The molecule has 1 aliphatic carbocycles. The Morgan fingerprint density at radius 2 is 2.14 bits per heavy atom. The van der Waals surface area contributed by atoms with Crippen molar-refractivity contribution in [2.75, 3.05) is 0 Å². The third-order valence-electron chi connectivity index (χ3n) is 2.74. The third kappa shape index (κ3) is 3.28. The van der Waals surface area contributed by atoms with Crippen LogP contribution in [0, 0.1) is 17.2 Å². The molecular formula is C11H19NO2. The van der Waals surface area contributed by atoms with Gasteiger partial charge in [0.1, 0.15) is 0 Å². The Hall–Kier alpha value is -0.590. The van der Waals surface area contributed by atoms with E-state index in [0.717, 1.165) is 6.42 Å². The molecule has 1 saturated carbocycles. The minimum Gasteiger partial charge on any atom is -0.391 e. The van der Waals surface area contributed by atoms with Gasteiger partial charge in [0.15, 0.2) is 5.60 Å². The van der Waals surface area contributed by atoms with E-state index in [2.05, 4.69) is 6.07 Å². The van der Waals surface area contributed by atoms with Crippen LogP contribution in [0.4, 0.5) is 0 Å². The summed E-state index contributed by atoms with van der Waals surface area (Å²) >= 11 is 0. The summed E-state index contributed by atoms with van der Waals surface area (Å²) in [6, 6.07) is 2.20. The van der Waals surface area contributed by atoms with Crippen LogP contribution >= 0.6 is 0 Å². The molecule has 0 aromatic rings. The number of aliphatic hydroxyl groups is 1. The van der Waals surface area contributed by atoms with Crippen molar-refractivity contribution in [2.24, 2.45) is 5.92 Å². The van der Waals surface area contributed by atoms with E-state index < -0.39 is 11.7 Å². The van der Waals surface area contributed by atoms with Crippen molar-refractivity contribution in [3.8, 4) is 6.07 Å². The van der Waals surface area contributed by atoms with Gasteiger partial charge in [-0.25, -0.2) is 0 Å². The average molecular weight is 197 g/mol. The van der Waals surface area contributed by atoms with Gasteiger partial charge in [-0.2, -0.15) is 5.26 Å². The SMILES string of the molecule is CC(O)C(C)OC(C)(C#N)CC1CC1. The minimum absolute atomic E-state index is 0.279. The largest absolute Gasteiger partial charge is 0.391 e. The summed E-state index contributed by atoms with van der Waals surface area (Å²) in [6.07, 6.45) is 2.41. The maximum Gasteiger partial charge on any atom is 0.152 e.